The van der Waals surface area contributed by atoms with Gasteiger partial charge in [0, 0.05) is 37.1 Å². The first-order valence-electron chi connectivity index (χ1n) is 13.7. The van der Waals surface area contributed by atoms with Gasteiger partial charge in [0.1, 0.15) is 0 Å². The van der Waals surface area contributed by atoms with Gasteiger partial charge < -0.3 is 9.80 Å². The second-order valence-corrected chi connectivity index (χ2v) is 11.0. The number of benzene rings is 2. The first-order chi connectivity index (χ1) is 19.0. The van der Waals surface area contributed by atoms with Gasteiger partial charge in [-0.15, -0.1) is 0 Å². The third-order valence-corrected chi connectivity index (χ3v) is 8.60. The fourth-order valence-corrected chi connectivity index (χ4v) is 6.46. The first kappa shape index (κ1) is 25.6. The van der Waals surface area contributed by atoms with Crippen molar-refractivity contribution in [3.63, 3.8) is 0 Å². The minimum absolute atomic E-state index is 0.0499. The molecule has 2 fully saturated rings. The summed E-state index contributed by atoms with van der Waals surface area (Å²) in [6.07, 6.45) is 8.33. The highest BCUT2D eigenvalue weighted by molar-refractivity contribution is 6.31. The average molecular weight is 543 g/mol. The van der Waals surface area contributed by atoms with Gasteiger partial charge in [-0.05, 0) is 67.5 Å². The van der Waals surface area contributed by atoms with Gasteiger partial charge in [-0.1, -0.05) is 41.9 Å². The van der Waals surface area contributed by atoms with Crippen LogP contribution in [0.25, 0.3) is 0 Å². The second kappa shape index (κ2) is 10.8. The minimum atomic E-state index is -0.313. The Labute approximate surface area is 233 Å². The standard InChI is InChI=1S/C31H31ClN4O3/c32-25-12-2-1-8-22(25)20-36-30(38)24-11-5-14-27(28(24)31(36)39)34-16-7-10-23(19-34)29(37)35-17-4-3-13-26(35)21-9-6-15-33-18-21/h1-2,5-6,8-9,11-12,14-15,18,23,26H,3-4,7,10,13,16-17,19-20H2/t23-,26+/m0/s1. The van der Waals surface area contributed by atoms with Crippen LogP contribution in [-0.2, 0) is 11.3 Å². The molecule has 3 aliphatic rings. The molecule has 200 valence electrons. The number of carbonyl (C=O) groups excluding carboxylic acids is 3. The maximum atomic E-state index is 13.9. The highest BCUT2D eigenvalue weighted by atomic mass is 35.5. The predicted octanol–water partition coefficient (Wildman–Crippen LogP) is 5.50. The van der Waals surface area contributed by atoms with E-state index in [2.05, 4.69) is 16.0 Å². The summed E-state index contributed by atoms with van der Waals surface area (Å²) in [5.74, 6) is -0.623. The maximum absolute atomic E-state index is 13.9. The molecule has 0 radical (unpaired) electrons. The largest absolute Gasteiger partial charge is 0.370 e. The normalized spacial score (nSPS) is 21.3. The number of imide groups is 1. The molecule has 3 aromatic rings. The molecule has 2 aromatic carbocycles. The van der Waals surface area contributed by atoms with E-state index in [0.29, 0.717) is 22.7 Å². The Morgan fingerprint density at radius 1 is 0.923 bits per heavy atom. The minimum Gasteiger partial charge on any atom is -0.370 e. The molecule has 0 saturated carbocycles. The number of aromatic nitrogens is 1. The number of nitrogens with zero attached hydrogens (tertiary/aromatic N) is 4. The molecule has 8 heteroatoms. The third-order valence-electron chi connectivity index (χ3n) is 8.23. The van der Waals surface area contributed by atoms with Crippen LogP contribution in [0.15, 0.2) is 67.0 Å². The lowest BCUT2D eigenvalue weighted by Gasteiger charge is -2.41. The number of fused-ring (bicyclic) bond motifs is 1. The van der Waals surface area contributed by atoms with Crippen molar-refractivity contribution in [2.24, 2.45) is 5.92 Å². The van der Waals surface area contributed by atoms with E-state index < -0.39 is 0 Å². The molecule has 4 heterocycles. The summed E-state index contributed by atoms with van der Waals surface area (Å²) in [5, 5.41) is 0.522. The summed E-state index contributed by atoms with van der Waals surface area (Å²) in [5.41, 5.74) is 3.37. The molecule has 0 spiro atoms. The van der Waals surface area contributed by atoms with Crippen molar-refractivity contribution in [2.45, 2.75) is 44.7 Å². The number of piperidine rings is 2. The number of rotatable bonds is 5. The molecule has 0 unspecified atom stereocenters. The Morgan fingerprint density at radius 3 is 2.62 bits per heavy atom. The van der Waals surface area contributed by atoms with Crippen molar-refractivity contribution in [3.8, 4) is 0 Å². The van der Waals surface area contributed by atoms with Gasteiger partial charge in [-0.2, -0.15) is 0 Å². The molecule has 1 aromatic heterocycles. The predicted molar refractivity (Wildman–Crippen MR) is 150 cm³/mol. The highest BCUT2D eigenvalue weighted by Crippen LogP contribution is 2.37. The molecular weight excluding hydrogens is 512 g/mol. The molecule has 2 saturated heterocycles. The van der Waals surface area contributed by atoms with Gasteiger partial charge in [0.25, 0.3) is 11.8 Å². The molecule has 7 nitrogen and oxygen atoms in total. The highest BCUT2D eigenvalue weighted by Gasteiger charge is 2.40. The lowest BCUT2D eigenvalue weighted by atomic mass is 9.91. The lowest BCUT2D eigenvalue weighted by Crippen LogP contribution is -2.47. The van der Waals surface area contributed by atoms with Gasteiger partial charge in [-0.25, -0.2) is 0 Å². The van der Waals surface area contributed by atoms with E-state index in [1.54, 1.807) is 18.3 Å². The summed E-state index contributed by atoms with van der Waals surface area (Å²) < 4.78 is 0. The molecule has 2 atom stereocenters. The summed E-state index contributed by atoms with van der Waals surface area (Å²) in [6.45, 7) is 2.13. The van der Waals surface area contributed by atoms with Crippen LogP contribution >= 0.6 is 11.6 Å². The van der Waals surface area contributed by atoms with E-state index in [9.17, 15) is 14.4 Å². The fraction of sp³-hybridized carbons (Fsp3) is 0.355. The number of anilines is 1. The van der Waals surface area contributed by atoms with E-state index in [4.69, 9.17) is 11.6 Å². The molecular formula is C31H31ClN4O3. The molecule has 39 heavy (non-hydrogen) atoms. The van der Waals surface area contributed by atoms with E-state index in [0.717, 1.165) is 62.0 Å². The lowest BCUT2D eigenvalue weighted by molar-refractivity contribution is -0.139. The third kappa shape index (κ3) is 4.80. The van der Waals surface area contributed by atoms with Crippen molar-refractivity contribution in [3.05, 3.63) is 94.3 Å². The van der Waals surface area contributed by atoms with Gasteiger partial charge in [0.05, 0.1) is 35.3 Å². The number of halogens is 1. The smallest absolute Gasteiger partial charge is 0.263 e. The van der Waals surface area contributed by atoms with Crippen molar-refractivity contribution >= 4 is 35.0 Å². The Hall–Kier alpha value is -3.71. The molecule has 6 rings (SSSR count). The maximum Gasteiger partial charge on any atom is 0.263 e. The Balaban J connectivity index is 1.23. The van der Waals surface area contributed by atoms with Gasteiger partial charge >= 0.3 is 0 Å². The van der Waals surface area contributed by atoms with Gasteiger partial charge in [0.15, 0.2) is 0 Å². The van der Waals surface area contributed by atoms with Crippen LogP contribution in [0.3, 0.4) is 0 Å². The fourth-order valence-electron chi connectivity index (χ4n) is 6.27. The van der Waals surface area contributed by atoms with Crippen LogP contribution in [0, 0.1) is 5.92 Å². The molecule has 0 N–H and O–H groups in total. The van der Waals surface area contributed by atoms with Gasteiger partial charge in [0.2, 0.25) is 5.91 Å². The van der Waals surface area contributed by atoms with Crippen LogP contribution in [0.1, 0.15) is 70.0 Å². The molecule has 3 aliphatic heterocycles. The van der Waals surface area contributed by atoms with Crippen molar-refractivity contribution in [1.29, 1.82) is 0 Å². The average Bonchev–Trinajstić information content (AvgIpc) is 3.23. The second-order valence-electron chi connectivity index (χ2n) is 10.6. The number of hydrogen-bond acceptors (Lipinski definition) is 5. The van der Waals surface area contributed by atoms with Gasteiger partial charge in [-0.3, -0.25) is 24.3 Å². The quantitative estimate of drug-likeness (QED) is 0.398. The number of likely N-dealkylation sites (tertiary alicyclic amines) is 1. The SMILES string of the molecule is O=C1c2cccc(N3CCC[C@H](C(=O)N4CCCC[C@@H]4c4cccnc4)C3)c2C(=O)N1Cc1ccccc1Cl. The molecule has 0 bridgehead atoms. The van der Waals surface area contributed by atoms with Crippen LogP contribution in [0.5, 0.6) is 0 Å². The first-order valence-corrected chi connectivity index (χ1v) is 14.1. The summed E-state index contributed by atoms with van der Waals surface area (Å²) in [6, 6.07) is 16.7. The number of carbonyl (C=O) groups is 3. The summed E-state index contributed by atoms with van der Waals surface area (Å²) >= 11 is 6.32. The van der Waals surface area contributed by atoms with Crippen LogP contribution in [-0.4, -0.2) is 52.1 Å². The molecule has 0 aliphatic carbocycles. The van der Waals surface area contributed by atoms with E-state index >= 15 is 0 Å². The van der Waals surface area contributed by atoms with Crippen LogP contribution < -0.4 is 4.90 Å². The molecule has 3 amide bonds. The van der Waals surface area contributed by atoms with Crippen molar-refractivity contribution in [2.75, 3.05) is 24.5 Å². The van der Waals surface area contributed by atoms with E-state index in [1.807, 2.05) is 47.5 Å². The van der Waals surface area contributed by atoms with Crippen LogP contribution in [0.4, 0.5) is 5.69 Å². The van der Waals surface area contributed by atoms with Crippen molar-refractivity contribution < 1.29 is 14.4 Å². The Kier molecular flexibility index (Phi) is 7.09. The van der Waals surface area contributed by atoms with Crippen molar-refractivity contribution in [1.82, 2.24) is 14.8 Å². The monoisotopic (exact) mass is 542 g/mol. The number of pyridine rings is 1. The van der Waals surface area contributed by atoms with E-state index in [1.165, 1.54) is 4.90 Å². The topological polar surface area (TPSA) is 73.8 Å². The van der Waals surface area contributed by atoms with E-state index in [-0.39, 0.29) is 36.2 Å². The summed E-state index contributed by atoms with van der Waals surface area (Å²) in [4.78, 5) is 50.5. The number of hydrogen-bond donors (Lipinski definition) is 0. The zero-order chi connectivity index (χ0) is 26.9. The zero-order valence-corrected chi connectivity index (χ0v) is 22.5. The Morgan fingerprint density at radius 2 is 1.79 bits per heavy atom. The Bertz CT molecular complexity index is 1410. The zero-order valence-electron chi connectivity index (χ0n) is 21.8. The van der Waals surface area contributed by atoms with Crippen LogP contribution in [0.2, 0.25) is 5.02 Å². The number of amides is 3. The summed E-state index contributed by atoms with van der Waals surface area (Å²) in [7, 11) is 0.